The average molecular weight is 623 g/mol. The number of nitrogens with one attached hydrogen (secondary N) is 1. The minimum Gasteiger partial charge on any atom is -0.462 e. The maximum Gasteiger partial charge on any atom is 0.308 e. The topological polar surface area (TPSA) is 64.6 Å². The zero-order valence-electron chi connectivity index (χ0n) is 25.9. The van der Waals surface area contributed by atoms with Crippen LogP contribution in [0.3, 0.4) is 0 Å². The number of hydrogen-bond donors (Lipinski definition) is 1. The first-order valence-electron chi connectivity index (χ1n) is 16.4. The van der Waals surface area contributed by atoms with Gasteiger partial charge in [0, 0.05) is 13.0 Å². The van der Waals surface area contributed by atoms with Gasteiger partial charge in [-0.15, -0.1) is 0 Å². The van der Waals surface area contributed by atoms with E-state index in [0.29, 0.717) is 25.2 Å². The molecule has 1 amide bonds. The molecule has 0 aromatic carbocycles. The molecule has 0 heterocycles. The predicted octanol–water partition coefficient (Wildman–Crippen LogP) is 7.86. The van der Waals surface area contributed by atoms with Crippen LogP contribution in [0.15, 0.2) is 11.6 Å². The highest BCUT2D eigenvalue weighted by molar-refractivity contribution is 9.09. The number of hydrogen-bond acceptors (Lipinski definition) is 4. The average Bonchev–Trinajstić information content (AvgIpc) is 3.27. The lowest BCUT2D eigenvalue weighted by atomic mass is 9.47. The minimum atomic E-state index is -0.166. The first kappa shape index (κ1) is 32.0. The lowest BCUT2D eigenvalue weighted by Gasteiger charge is -2.58. The molecule has 0 bridgehead atoms. The molecule has 5 nitrogen and oxygen atoms in total. The van der Waals surface area contributed by atoms with Crippen LogP contribution in [-0.4, -0.2) is 43.1 Å². The van der Waals surface area contributed by atoms with E-state index in [1.165, 1.54) is 51.4 Å². The third kappa shape index (κ3) is 7.18. The Bertz CT molecular complexity index is 904. The highest BCUT2D eigenvalue weighted by atomic mass is 79.9. The summed E-state index contributed by atoms with van der Waals surface area (Å²) in [5.41, 5.74) is 2.36. The highest BCUT2D eigenvalue weighted by Gasteiger charge is 2.59. The van der Waals surface area contributed by atoms with Crippen LogP contribution in [0.1, 0.15) is 112 Å². The number of carbonyl (C=O) groups is 2. The first-order chi connectivity index (χ1) is 19.1. The van der Waals surface area contributed by atoms with Crippen molar-refractivity contribution in [3.8, 4) is 0 Å². The molecule has 3 saturated carbocycles. The van der Waals surface area contributed by atoms with Crippen molar-refractivity contribution < 1.29 is 19.1 Å². The van der Waals surface area contributed by atoms with Crippen LogP contribution in [0, 0.1) is 46.3 Å². The molecule has 0 aromatic heterocycles. The SMILES string of the molecule is CC(C)CCCC(C)C1CCC2C3CC=C4CC(OC(=O)CCOCCNC(=O)CBr)CCC4(C)C3CCC12C. The van der Waals surface area contributed by atoms with Gasteiger partial charge in [0.05, 0.1) is 25.0 Å². The van der Waals surface area contributed by atoms with E-state index in [0.717, 1.165) is 54.8 Å². The van der Waals surface area contributed by atoms with E-state index in [1.807, 2.05) is 0 Å². The molecule has 1 N–H and O–H groups in total. The summed E-state index contributed by atoms with van der Waals surface area (Å²) >= 11 is 3.12. The third-order valence-corrected chi connectivity index (χ3v) is 12.2. The number of esters is 1. The molecule has 0 radical (unpaired) electrons. The quantitative estimate of drug-likeness (QED) is 0.0984. The molecular weight excluding hydrogens is 566 g/mol. The van der Waals surface area contributed by atoms with Gasteiger partial charge in [0.15, 0.2) is 0 Å². The summed E-state index contributed by atoms with van der Waals surface area (Å²) in [5.74, 6) is 4.84. The molecule has 40 heavy (non-hydrogen) atoms. The molecule has 228 valence electrons. The van der Waals surface area contributed by atoms with Crippen molar-refractivity contribution in [1.29, 1.82) is 0 Å². The van der Waals surface area contributed by atoms with Crippen molar-refractivity contribution in [1.82, 2.24) is 5.32 Å². The van der Waals surface area contributed by atoms with E-state index in [1.54, 1.807) is 5.57 Å². The summed E-state index contributed by atoms with van der Waals surface area (Å²) in [6, 6.07) is 0. The van der Waals surface area contributed by atoms with E-state index in [-0.39, 0.29) is 35.1 Å². The van der Waals surface area contributed by atoms with Crippen molar-refractivity contribution in [3.05, 3.63) is 11.6 Å². The van der Waals surface area contributed by atoms with Crippen LogP contribution in [0.4, 0.5) is 0 Å². The molecule has 3 fully saturated rings. The number of fused-ring (bicyclic) bond motifs is 5. The predicted molar refractivity (Wildman–Crippen MR) is 165 cm³/mol. The Morgan fingerprint density at radius 2 is 1.85 bits per heavy atom. The van der Waals surface area contributed by atoms with Crippen molar-refractivity contribution in [2.24, 2.45) is 46.3 Å². The Labute approximate surface area is 252 Å². The van der Waals surface area contributed by atoms with Crippen molar-refractivity contribution in [2.45, 2.75) is 118 Å². The van der Waals surface area contributed by atoms with Gasteiger partial charge in [-0.2, -0.15) is 0 Å². The van der Waals surface area contributed by atoms with Gasteiger partial charge in [-0.25, -0.2) is 0 Å². The van der Waals surface area contributed by atoms with Crippen LogP contribution >= 0.6 is 15.9 Å². The second-order valence-electron chi connectivity index (χ2n) is 14.5. The fraction of sp³-hybridized carbons (Fsp3) is 0.882. The standard InChI is InChI=1S/C34H56BrNO4/c1-23(2)7-6-8-24(3)28-11-12-29-27-10-9-25-21-26(13-16-33(25,4)30(27)14-17-34(28,29)5)40-32(38)15-19-39-20-18-36-31(37)22-35/h9,23-24,26-30H,6-8,10-22H2,1-5H3,(H,36,37). The first-order valence-corrected chi connectivity index (χ1v) is 17.5. The molecule has 8 unspecified atom stereocenters. The summed E-state index contributed by atoms with van der Waals surface area (Å²) in [5, 5.41) is 3.02. The van der Waals surface area contributed by atoms with Gasteiger partial charge in [0.2, 0.25) is 5.91 Å². The van der Waals surface area contributed by atoms with E-state index < -0.39 is 0 Å². The molecule has 4 aliphatic carbocycles. The highest BCUT2D eigenvalue weighted by Crippen LogP contribution is 2.67. The Hall–Kier alpha value is -0.880. The molecule has 0 saturated heterocycles. The monoisotopic (exact) mass is 621 g/mol. The summed E-state index contributed by atoms with van der Waals surface area (Å²) in [4.78, 5) is 23.7. The number of amides is 1. The molecular formula is C34H56BrNO4. The Kier molecular flexibility index (Phi) is 11.3. The van der Waals surface area contributed by atoms with Crippen LogP contribution in [-0.2, 0) is 19.1 Å². The second kappa shape index (κ2) is 14.1. The summed E-state index contributed by atoms with van der Waals surface area (Å²) in [6.07, 6.45) is 16.9. The molecule has 6 heteroatoms. The van der Waals surface area contributed by atoms with Gasteiger partial charge in [-0.1, -0.05) is 81.5 Å². The van der Waals surface area contributed by atoms with Crippen LogP contribution in [0.2, 0.25) is 0 Å². The van der Waals surface area contributed by atoms with E-state index in [2.05, 4.69) is 61.9 Å². The summed E-state index contributed by atoms with van der Waals surface area (Å²) in [6.45, 7) is 13.7. The normalized spacial score (nSPS) is 35.8. The zero-order valence-corrected chi connectivity index (χ0v) is 27.5. The molecule has 0 aromatic rings. The molecule has 8 atom stereocenters. The molecule has 4 aliphatic rings. The fourth-order valence-electron chi connectivity index (χ4n) is 9.56. The second-order valence-corrected chi connectivity index (χ2v) is 15.1. The number of allylic oxidation sites excluding steroid dienone is 1. The third-order valence-electron chi connectivity index (χ3n) is 11.7. The Morgan fingerprint density at radius 3 is 2.60 bits per heavy atom. The van der Waals surface area contributed by atoms with Crippen LogP contribution < -0.4 is 5.32 Å². The minimum absolute atomic E-state index is 0.00185. The van der Waals surface area contributed by atoms with Crippen molar-refractivity contribution in [3.63, 3.8) is 0 Å². The Balaban J connectivity index is 1.27. The zero-order chi connectivity index (χ0) is 28.9. The fourth-order valence-corrected chi connectivity index (χ4v) is 9.76. The van der Waals surface area contributed by atoms with Gasteiger partial charge >= 0.3 is 5.97 Å². The number of carbonyl (C=O) groups excluding carboxylic acids is 2. The molecule has 4 rings (SSSR count). The van der Waals surface area contributed by atoms with Crippen LogP contribution in [0.5, 0.6) is 0 Å². The summed E-state index contributed by atoms with van der Waals surface area (Å²) < 4.78 is 11.4. The molecule has 0 aliphatic heterocycles. The maximum absolute atomic E-state index is 12.5. The number of alkyl halides is 1. The van der Waals surface area contributed by atoms with E-state index in [4.69, 9.17) is 9.47 Å². The number of halogens is 1. The molecule has 0 spiro atoms. The number of rotatable bonds is 13. The lowest BCUT2D eigenvalue weighted by Crippen LogP contribution is -2.51. The van der Waals surface area contributed by atoms with Gasteiger partial charge in [-0.3, -0.25) is 9.59 Å². The smallest absolute Gasteiger partial charge is 0.308 e. The van der Waals surface area contributed by atoms with Gasteiger partial charge in [0.1, 0.15) is 6.10 Å². The largest absolute Gasteiger partial charge is 0.462 e. The van der Waals surface area contributed by atoms with Gasteiger partial charge in [0.25, 0.3) is 0 Å². The van der Waals surface area contributed by atoms with Crippen molar-refractivity contribution >= 4 is 27.8 Å². The maximum atomic E-state index is 12.5. The van der Waals surface area contributed by atoms with E-state index in [9.17, 15) is 9.59 Å². The summed E-state index contributed by atoms with van der Waals surface area (Å²) in [7, 11) is 0. The number of ether oxygens (including phenoxy) is 2. The van der Waals surface area contributed by atoms with E-state index >= 15 is 0 Å². The van der Waals surface area contributed by atoms with Gasteiger partial charge in [-0.05, 0) is 91.3 Å². The van der Waals surface area contributed by atoms with Crippen molar-refractivity contribution in [2.75, 3.05) is 25.1 Å². The Morgan fingerprint density at radius 1 is 1.05 bits per heavy atom. The van der Waals surface area contributed by atoms with Gasteiger partial charge < -0.3 is 14.8 Å². The van der Waals surface area contributed by atoms with Crippen LogP contribution in [0.25, 0.3) is 0 Å². The lowest BCUT2D eigenvalue weighted by molar-refractivity contribution is -0.152.